The van der Waals surface area contributed by atoms with Crippen LogP contribution in [0.2, 0.25) is 0 Å². The van der Waals surface area contributed by atoms with Crippen LogP contribution in [0.5, 0.6) is 0 Å². The van der Waals surface area contributed by atoms with Crippen molar-refractivity contribution in [3.8, 4) is 0 Å². The van der Waals surface area contributed by atoms with Gasteiger partial charge in [-0.1, -0.05) is 13.0 Å². The first kappa shape index (κ1) is 16.1. The number of carbonyl (C=O) groups excluding carboxylic acids is 1. The number of rotatable bonds is 4. The van der Waals surface area contributed by atoms with E-state index in [1.54, 1.807) is 18.3 Å². The summed E-state index contributed by atoms with van der Waals surface area (Å²) in [5.74, 6) is 0.337. The zero-order chi connectivity index (χ0) is 17.3. The van der Waals surface area contributed by atoms with Gasteiger partial charge in [-0.05, 0) is 45.4 Å². The Morgan fingerprint density at radius 3 is 2.75 bits per heavy atom. The summed E-state index contributed by atoms with van der Waals surface area (Å²) in [7, 11) is 0. The quantitative estimate of drug-likeness (QED) is 0.795. The Bertz CT molecular complexity index is 900. The Labute approximate surface area is 140 Å². The first-order valence-corrected chi connectivity index (χ1v) is 8.09. The number of anilines is 1. The van der Waals surface area contributed by atoms with Crippen LogP contribution in [0.25, 0.3) is 11.0 Å². The fraction of sp³-hybridized carbons (Fsp3) is 0.333. The van der Waals surface area contributed by atoms with Gasteiger partial charge in [-0.25, -0.2) is 14.6 Å². The number of nitrogens with one attached hydrogen (secondary N) is 1. The van der Waals surface area contributed by atoms with Crippen LogP contribution in [0.1, 0.15) is 48.1 Å². The molecule has 0 aliphatic rings. The van der Waals surface area contributed by atoms with E-state index in [-0.39, 0.29) is 11.9 Å². The van der Waals surface area contributed by atoms with Crippen LogP contribution in [0, 0.1) is 13.8 Å². The maximum atomic E-state index is 12.7. The lowest BCUT2D eigenvalue weighted by Crippen LogP contribution is -2.14. The Morgan fingerprint density at radius 2 is 2.04 bits per heavy atom. The normalized spacial score (nSPS) is 12.3. The molecule has 6 heteroatoms. The molecule has 3 rings (SSSR count). The first-order chi connectivity index (χ1) is 11.5. The molecule has 0 unspecified atom stereocenters. The van der Waals surface area contributed by atoms with E-state index in [1.165, 1.54) is 0 Å². The molecule has 3 heterocycles. The van der Waals surface area contributed by atoms with Gasteiger partial charge in [0.1, 0.15) is 5.82 Å². The summed E-state index contributed by atoms with van der Waals surface area (Å²) in [6.45, 7) is 7.97. The SMILES string of the molecule is CC[C@@H](C)n1ncc2c(C(=O)Nc3cccc(C)n3)cc(C)nc21. The number of carbonyl (C=O) groups is 1. The second kappa shape index (κ2) is 6.39. The molecule has 0 aromatic carbocycles. The van der Waals surface area contributed by atoms with E-state index >= 15 is 0 Å². The van der Waals surface area contributed by atoms with Crippen molar-refractivity contribution in [2.75, 3.05) is 5.32 Å². The largest absolute Gasteiger partial charge is 0.307 e. The number of nitrogens with zero attached hydrogens (tertiary/aromatic N) is 4. The van der Waals surface area contributed by atoms with Gasteiger partial charge >= 0.3 is 0 Å². The predicted octanol–water partition coefficient (Wildman–Crippen LogP) is 3.67. The van der Waals surface area contributed by atoms with Gasteiger partial charge in [-0.3, -0.25) is 4.79 Å². The fourth-order valence-corrected chi connectivity index (χ4v) is 2.62. The molecule has 1 atom stereocenters. The highest BCUT2D eigenvalue weighted by molar-refractivity contribution is 6.11. The second-order valence-corrected chi connectivity index (χ2v) is 6.01. The van der Waals surface area contributed by atoms with E-state index in [2.05, 4.69) is 34.2 Å². The summed E-state index contributed by atoms with van der Waals surface area (Å²) in [4.78, 5) is 21.6. The van der Waals surface area contributed by atoms with Crippen molar-refractivity contribution in [3.63, 3.8) is 0 Å². The molecule has 0 aliphatic carbocycles. The highest BCUT2D eigenvalue weighted by Crippen LogP contribution is 2.23. The summed E-state index contributed by atoms with van der Waals surface area (Å²) < 4.78 is 1.88. The zero-order valence-electron chi connectivity index (χ0n) is 14.4. The van der Waals surface area contributed by atoms with E-state index in [0.717, 1.165) is 28.8 Å². The van der Waals surface area contributed by atoms with E-state index in [0.29, 0.717) is 11.4 Å². The number of hydrogen-bond acceptors (Lipinski definition) is 4. The lowest BCUT2D eigenvalue weighted by Gasteiger charge is -2.11. The summed E-state index contributed by atoms with van der Waals surface area (Å²) in [5.41, 5.74) is 2.95. The van der Waals surface area contributed by atoms with Gasteiger partial charge in [-0.2, -0.15) is 5.10 Å². The molecule has 0 spiro atoms. The molecule has 0 radical (unpaired) electrons. The zero-order valence-corrected chi connectivity index (χ0v) is 14.4. The highest BCUT2D eigenvalue weighted by Gasteiger charge is 2.18. The topological polar surface area (TPSA) is 72.7 Å². The first-order valence-electron chi connectivity index (χ1n) is 8.09. The molecule has 0 saturated heterocycles. The molecule has 1 amide bonds. The monoisotopic (exact) mass is 323 g/mol. The third-order valence-corrected chi connectivity index (χ3v) is 4.08. The van der Waals surface area contributed by atoms with Crippen molar-refractivity contribution in [1.82, 2.24) is 19.7 Å². The number of amides is 1. The van der Waals surface area contributed by atoms with Crippen LogP contribution < -0.4 is 5.32 Å². The Kier molecular flexibility index (Phi) is 4.29. The van der Waals surface area contributed by atoms with Gasteiger partial charge in [0.25, 0.3) is 5.91 Å². The molecule has 24 heavy (non-hydrogen) atoms. The summed E-state index contributed by atoms with van der Waals surface area (Å²) >= 11 is 0. The molecule has 0 aliphatic heterocycles. The minimum Gasteiger partial charge on any atom is -0.307 e. The lowest BCUT2D eigenvalue weighted by molar-refractivity contribution is 0.102. The average molecular weight is 323 g/mol. The van der Waals surface area contributed by atoms with Crippen molar-refractivity contribution in [1.29, 1.82) is 0 Å². The van der Waals surface area contributed by atoms with Crippen LogP contribution in [-0.4, -0.2) is 25.7 Å². The standard InChI is InChI=1S/C18H21N5O/c1-5-13(4)23-17-15(10-19-23)14(9-12(3)21-17)18(24)22-16-8-6-7-11(2)20-16/h6-10,13H,5H2,1-4H3,(H,20,22,24)/t13-/m1/s1. The van der Waals surface area contributed by atoms with Gasteiger partial charge in [0.2, 0.25) is 0 Å². The molecule has 0 saturated carbocycles. The molecule has 0 fully saturated rings. The van der Waals surface area contributed by atoms with Crippen molar-refractivity contribution >= 4 is 22.8 Å². The van der Waals surface area contributed by atoms with Crippen molar-refractivity contribution in [3.05, 3.63) is 47.4 Å². The summed E-state index contributed by atoms with van der Waals surface area (Å²) in [5, 5.41) is 8.04. The van der Waals surface area contributed by atoms with Gasteiger partial charge in [0.15, 0.2) is 5.65 Å². The number of aryl methyl sites for hydroxylation is 2. The van der Waals surface area contributed by atoms with Crippen LogP contribution in [-0.2, 0) is 0 Å². The number of pyridine rings is 2. The van der Waals surface area contributed by atoms with Gasteiger partial charge in [0.05, 0.1) is 23.2 Å². The average Bonchev–Trinajstić information content (AvgIpc) is 2.97. The van der Waals surface area contributed by atoms with Crippen LogP contribution >= 0.6 is 0 Å². The molecule has 3 aromatic heterocycles. The van der Waals surface area contributed by atoms with Gasteiger partial charge in [-0.15, -0.1) is 0 Å². The van der Waals surface area contributed by atoms with Gasteiger partial charge in [0, 0.05) is 11.4 Å². The number of hydrogen-bond donors (Lipinski definition) is 1. The molecule has 3 aromatic rings. The Hall–Kier alpha value is -2.76. The molecular weight excluding hydrogens is 302 g/mol. The van der Waals surface area contributed by atoms with E-state index in [4.69, 9.17) is 0 Å². The summed E-state index contributed by atoms with van der Waals surface area (Å²) in [6.07, 6.45) is 2.66. The molecule has 0 bridgehead atoms. The maximum Gasteiger partial charge on any atom is 0.257 e. The van der Waals surface area contributed by atoms with E-state index in [9.17, 15) is 4.79 Å². The third-order valence-electron chi connectivity index (χ3n) is 4.08. The molecular formula is C18H21N5O. The lowest BCUT2D eigenvalue weighted by atomic mass is 10.1. The van der Waals surface area contributed by atoms with Crippen LogP contribution in [0.4, 0.5) is 5.82 Å². The minimum atomic E-state index is -0.202. The Morgan fingerprint density at radius 1 is 1.25 bits per heavy atom. The number of aromatic nitrogens is 4. The van der Waals surface area contributed by atoms with Crippen molar-refractivity contribution in [2.24, 2.45) is 0 Å². The van der Waals surface area contributed by atoms with Crippen molar-refractivity contribution in [2.45, 2.75) is 40.2 Å². The van der Waals surface area contributed by atoms with Crippen LogP contribution in [0.15, 0.2) is 30.5 Å². The van der Waals surface area contributed by atoms with Crippen LogP contribution in [0.3, 0.4) is 0 Å². The van der Waals surface area contributed by atoms with Crippen molar-refractivity contribution < 1.29 is 4.79 Å². The minimum absolute atomic E-state index is 0.202. The Balaban J connectivity index is 2.02. The predicted molar refractivity (Wildman–Crippen MR) is 94.2 cm³/mol. The smallest absolute Gasteiger partial charge is 0.257 e. The number of fused-ring (bicyclic) bond motifs is 1. The molecule has 1 N–H and O–H groups in total. The second-order valence-electron chi connectivity index (χ2n) is 6.01. The van der Waals surface area contributed by atoms with Gasteiger partial charge < -0.3 is 5.32 Å². The van der Waals surface area contributed by atoms with E-state index in [1.807, 2.05) is 30.7 Å². The molecule has 124 valence electrons. The highest BCUT2D eigenvalue weighted by atomic mass is 16.1. The molecule has 6 nitrogen and oxygen atoms in total. The van der Waals surface area contributed by atoms with E-state index < -0.39 is 0 Å². The third kappa shape index (κ3) is 2.99. The summed E-state index contributed by atoms with van der Waals surface area (Å²) in [6, 6.07) is 7.55. The fourth-order valence-electron chi connectivity index (χ4n) is 2.62. The maximum absolute atomic E-state index is 12.7.